The molecule has 0 unspecified atom stereocenters. The van der Waals surface area contributed by atoms with Crippen molar-refractivity contribution in [2.45, 2.75) is 53.0 Å². The van der Waals surface area contributed by atoms with Crippen LogP contribution in [0.2, 0.25) is 0 Å². The van der Waals surface area contributed by atoms with Gasteiger partial charge in [-0.15, -0.1) is 0 Å². The van der Waals surface area contributed by atoms with Crippen LogP contribution in [0.5, 0.6) is 0 Å². The van der Waals surface area contributed by atoms with Gasteiger partial charge < -0.3 is 0 Å². The molecule has 0 bridgehead atoms. The van der Waals surface area contributed by atoms with Gasteiger partial charge in [0.05, 0.1) is 0 Å². The van der Waals surface area contributed by atoms with Crippen molar-refractivity contribution in [2.24, 2.45) is 11.3 Å². The van der Waals surface area contributed by atoms with E-state index >= 15 is 0 Å². The van der Waals surface area contributed by atoms with Crippen LogP contribution in [0, 0.1) is 11.3 Å². The summed E-state index contributed by atoms with van der Waals surface area (Å²) in [4.78, 5) is 0. The van der Waals surface area contributed by atoms with E-state index in [0.29, 0.717) is 5.41 Å². The van der Waals surface area contributed by atoms with Gasteiger partial charge in [0.2, 0.25) is 0 Å². The Kier molecular flexibility index (Phi) is 2.85. The van der Waals surface area contributed by atoms with E-state index in [1.54, 1.807) is 0 Å². The minimum Gasteiger partial charge on any atom is -0.269 e. The smallest absolute Gasteiger partial charge is 0.0492 e. The zero-order valence-corrected chi connectivity index (χ0v) is 10.2. The molecule has 2 heteroatoms. The molecular weight excluding hydrogens is 184 g/mol. The van der Waals surface area contributed by atoms with E-state index in [9.17, 15) is 0 Å². The van der Waals surface area contributed by atoms with Crippen LogP contribution >= 0.6 is 0 Å². The zero-order valence-electron chi connectivity index (χ0n) is 10.2. The number of hydrogen-bond acceptors (Lipinski definition) is 1. The van der Waals surface area contributed by atoms with E-state index in [4.69, 9.17) is 0 Å². The van der Waals surface area contributed by atoms with Crippen LogP contribution < -0.4 is 0 Å². The largest absolute Gasteiger partial charge is 0.269 e. The molecule has 1 heterocycles. The van der Waals surface area contributed by atoms with Gasteiger partial charge in [0, 0.05) is 18.4 Å². The van der Waals surface area contributed by atoms with E-state index in [2.05, 4.69) is 36.6 Å². The number of nitrogens with zero attached hydrogens (tertiary/aromatic N) is 2. The summed E-state index contributed by atoms with van der Waals surface area (Å²) >= 11 is 0. The molecular formula is C13H22N2. The Morgan fingerprint density at radius 3 is 2.67 bits per heavy atom. The summed E-state index contributed by atoms with van der Waals surface area (Å²) in [6.07, 6.45) is 7.28. The van der Waals surface area contributed by atoms with Crippen molar-refractivity contribution in [1.29, 1.82) is 0 Å². The van der Waals surface area contributed by atoms with E-state index in [1.807, 2.05) is 6.20 Å². The van der Waals surface area contributed by atoms with Crippen molar-refractivity contribution in [2.75, 3.05) is 0 Å². The summed E-state index contributed by atoms with van der Waals surface area (Å²) in [5, 5.41) is 4.44. The second-order valence-corrected chi connectivity index (χ2v) is 6.04. The molecule has 0 aliphatic heterocycles. The maximum Gasteiger partial charge on any atom is 0.0492 e. The molecule has 84 valence electrons. The summed E-state index contributed by atoms with van der Waals surface area (Å²) in [7, 11) is 0. The van der Waals surface area contributed by atoms with Gasteiger partial charge in [-0.25, -0.2) is 0 Å². The van der Waals surface area contributed by atoms with Crippen molar-refractivity contribution in [3.8, 4) is 0 Å². The molecule has 1 aromatic heterocycles. The van der Waals surface area contributed by atoms with Crippen LogP contribution in [0.3, 0.4) is 0 Å². The lowest BCUT2D eigenvalue weighted by atomic mass is 9.85. The maximum absolute atomic E-state index is 4.44. The third-order valence-corrected chi connectivity index (χ3v) is 3.17. The van der Waals surface area contributed by atoms with Crippen LogP contribution in [-0.4, -0.2) is 9.78 Å². The van der Waals surface area contributed by atoms with Crippen molar-refractivity contribution in [3.63, 3.8) is 0 Å². The highest BCUT2D eigenvalue weighted by Crippen LogP contribution is 2.29. The number of hydrogen-bond donors (Lipinski definition) is 0. The van der Waals surface area contributed by atoms with E-state index in [-0.39, 0.29) is 0 Å². The molecule has 0 N–H and O–H groups in total. The average Bonchev–Trinajstić information content (AvgIpc) is 2.42. The predicted molar refractivity (Wildman–Crippen MR) is 62.7 cm³/mol. The molecule has 1 saturated carbocycles. The third kappa shape index (κ3) is 2.83. The molecule has 0 amide bonds. The first-order valence-corrected chi connectivity index (χ1v) is 6.05. The summed E-state index contributed by atoms with van der Waals surface area (Å²) in [6.45, 7) is 7.99. The van der Waals surface area contributed by atoms with Crippen molar-refractivity contribution >= 4 is 0 Å². The molecule has 1 aromatic rings. The Morgan fingerprint density at radius 2 is 2.13 bits per heavy atom. The molecule has 0 atom stereocenters. The molecule has 0 spiro atoms. The van der Waals surface area contributed by atoms with Crippen molar-refractivity contribution in [3.05, 3.63) is 18.0 Å². The number of rotatable bonds is 3. The Morgan fingerprint density at radius 1 is 1.40 bits per heavy atom. The minimum atomic E-state index is 0.359. The van der Waals surface area contributed by atoms with Gasteiger partial charge in [0.25, 0.3) is 0 Å². The van der Waals surface area contributed by atoms with Gasteiger partial charge in [-0.3, -0.25) is 4.68 Å². The fourth-order valence-corrected chi connectivity index (χ4v) is 2.14. The van der Waals surface area contributed by atoms with Crippen molar-refractivity contribution < 1.29 is 0 Å². The second kappa shape index (κ2) is 3.99. The standard InChI is InChI=1S/C13H22N2/c1-13(2,3)9-12-7-8-14-15(12)10-11-5-4-6-11/h7-8,11H,4-6,9-10H2,1-3H3. The summed E-state index contributed by atoms with van der Waals surface area (Å²) < 4.78 is 2.22. The molecule has 0 aromatic carbocycles. The van der Waals surface area contributed by atoms with Crippen molar-refractivity contribution in [1.82, 2.24) is 9.78 Å². The SMILES string of the molecule is CC(C)(C)Cc1ccnn1CC1CCC1. The highest BCUT2D eigenvalue weighted by Gasteiger charge is 2.20. The maximum atomic E-state index is 4.44. The van der Waals surface area contributed by atoms with Crippen LogP contribution in [-0.2, 0) is 13.0 Å². The van der Waals surface area contributed by atoms with Crippen LogP contribution in [0.1, 0.15) is 45.7 Å². The molecule has 1 fully saturated rings. The van der Waals surface area contributed by atoms with Gasteiger partial charge in [-0.1, -0.05) is 27.2 Å². The molecule has 15 heavy (non-hydrogen) atoms. The molecule has 2 nitrogen and oxygen atoms in total. The highest BCUT2D eigenvalue weighted by molar-refractivity contribution is 5.03. The van der Waals surface area contributed by atoms with E-state index in [0.717, 1.165) is 18.9 Å². The first-order valence-electron chi connectivity index (χ1n) is 6.05. The lowest BCUT2D eigenvalue weighted by Crippen LogP contribution is -2.22. The molecule has 0 radical (unpaired) electrons. The minimum absolute atomic E-state index is 0.359. The average molecular weight is 206 g/mol. The Hall–Kier alpha value is -0.790. The Labute approximate surface area is 92.7 Å². The zero-order chi connectivity index (χ0) is 10.9. The first kappa shape index (κ1) is 10.7. The summed E-state index contributed by atoms with van der Waals surface area (Å²) in [5.74, 6) is 0.892. The molecule has 1 aliphatic carbocycles. The topological polar surface area (TPSA) is 17.8 Å². The van der Waals surface area contributed by atoms with E-state index in [1.165, 1.54) is 25.0 Å². The normalized spacial score (nSPS) is 17.8. The van der Waals surface area contributed by atoms with Gasteiger partial charge in [0.1, 0.15) is 0 Å². The fraction of sp³-hybridized carbons (Fsp3) is 0.769. The fourth-order valence-electron chi connectivity index (χ4n) is 2.14. The lowest BCUT2D eigenvalue weighted by Gasteiger charge is -2.27. The molecule has 0 saturated heterocycles. The monoisotopic (exact) mass is 206 g/mol. The summed E-state index contributed by atoms with van der Waals surface area (Å²) in [5.41, 5.74) is 1.76. The summed E-state index contributed by atoms with van der Waals surface area (Å²) in [6, 6.07) is 2.17. The van der Waals surface area contributed by atoms with E-state index < -0.39 is 0 Å². The Bertz CT molecular complexity index is 316. The predicted octanol–water partition coefficient (Wildman–Crippen LogP) is 3.27. The number of aromatic nitrogens is 2. The highest BCUT2D eigenvalue weighted by atomic mass is 15.3. The van der Waals surface area contributed by atoms with Crippen LogP contribution in [0.25, 0.3) is 0 Å². The Balaban J connectivity index is 2.01. The van der Waals surface area contributed by atoms with Crippen LogP contribution in [0.4, 0.5) is 0 Å². The van der Waals surface area contributed by atoms with Gasteiger partial charge in [0.15, 0.2) is 0 Å². The second-order valence-electron chi connectivity index (χ2n) is 6.04. The van der Waals surface area contributed by atoms with Gasteiger partial charge in [-0.05, 0) is 36.7 Å². The van der Waals surface area contributed by atoms with Gasteiger partial charge >= 0.3 is 0 Å². The van der Waals surface area contributed by atoms with Crippen LogP contribution in [0.15, 0.2) is 12.3 Å². The first-order chi connectivity index (χ1) is 7.04. The van der Waals surface area contributed by atoms with Gasteiger partial charge in [-0.2, -0.15) is 5.10 Å². The molecule has 2 rings (SSSR count). The quantitative estimate of drug-likeness (QED) is 0.742. The third-order valence-electron chi connectivity index (χ3n) is 3.17. The molecule has 1 aliphatic rings. The lowest BCUT2D eigenvalue weighted by molar-refractivity contribution is 0.259.